The van der Waals surface area contributed by atoms with Crippen molar-refractivity contribution in [3.63, 3.8) is 0 Å². The summed E-state index contributed by atoms with van der Waals surface area (Å²) in [6, 6.07) is 0. The third-order valence-corrected chi connectivity index (χ3v) is 4.28. The van der Waals surface area contributed by atoms with Gasteiger partial charge in [0.15, 0.2) is 0 Å². The zero-order valence-electron chi connectivity index (χ0n) is 11.4. The van der Waals surface area contributed by atoms with Gasteiger partial charge in [0.25, 0.3) is 0 Å². The summed E-state index contributed by atoms with van der Waals surface area (Å²) in [5.74, 6) is 0. The minimum absolute atomic E-state index is 0.182. The molecule has 0 aromatic carbocycles. The highest BCUT2D eigenvalue weighted by Crippen LogP contribution is 2.52. The van der Waals surface area contributed by atoms with Crippen LogP contribution in [0.3, 0.4) is 0 Å². The molecule has 1 unspecified atom stereocenters. The van der Waals surface area contributed by atoms with Crippen LogP contribution in [0.4, 0.5) is 0 Å². The topological polar surface area (TPSA) is 134 Å². The molecular weight excluding hydrogens is 298 g/mol. The number of hydrogen-bond donors (Lipinski definition) is 4. The zero-order chi connectivity index (χ0) is 15.5. The first kappa shape index (κ1) is 19.2. The molecule has 0 aromatic rings. The molecule has 0 saturated heterocycles. The van der Waals surface area contributed by atoms with Gasteiger partial charge in [-0.1, -0.05) is 19.8 Å². The van der Waals surface area contributed by atoms with E-state index in [1.54, 1.807) is 0 Å². The van der Waals surface area contributed by atoms with E-state index in [0.717, 1.165) is 6.42 Å². The van der Waals surface area contributed by atoms with Gasteiger partial charge < -0.3 is 19.6 Å². The molecule has 0 aliphatic rings. The molecule has 116 valence electrons. The predicted octanol–water partition coefficient (Wildman–Crippen LogP) is 1.93. The first-order valence-corrected chi connectivity index (χ1v) is 8.81. The molecule has 0 bridgehead atoms. The molecule has 19 heavy (non-hydrogen) atoms. The number of phosphoric ester groups is 2. The maximum atomic E-state index is 11.0. The lowest BCUT2D eigenvalue weighted by molar-refractivity contribution is -0.112. The molecule has 0 amide bonds. The summed E-state index contributed by atoms with van der Waals surface area (Å²) < 4.78 is 31.4. The maximum absolute atomic E-state index is 11.0. The lowest BCUT2D eigenvalue weighted by Crippen LogP contribution is -2.50. The van der Waals surface area contributed by atoms with Crippen LogP contribution in [-0.4, -0.2) is 30.8 Å². The predicted molar refractivity (Wildman–Crippen MR) is 68.3 cm³/mol. The zero-order valence-corrected chi connectivity index (χ0v) is 13.2. The van der Waals surface area contributed by atoms with E-state index in [0.29, 0.717) is 6.42 Å². The molecule has 0 rings (SSSR count). The number of hydrogen-bond acceptors (Lipinski definition) is 4. The second-order valence-electron chi connectivity index (χ2n) is 5.01. The minimum atomic E-state index is -4.82. The molecule has 0 radical (unpaired) electrons. The van der Waals surface area contributed by atoms with Gasteiger partial charge >= 0.3 is 15.6 Å². The van der Waals surface area contributed by atoms with Gasteiger partial charge in [-0.15, -0.1) is 0 Å². The van der Waals surface area contributed by atoms with Crippen LogP contribution in [0.5, 0.6) is 0 Å². The fourth-order valence-corrected chi connectivity index (χ4v) is 3.25. The standard InChI is InChI=1S/C9H22O8P2/c1-5-6-7-9(4,17-19(13,14)15)8(2,3)16-18(10,11)12/h5-7H2,1-4H3,(H2,10,11,12)(H2,13,14,15). The number of phosphoric acid groups is 2. The van der Waals surface area contributed by atoms with Crippen molar-refractivity contribution >= 4 is 15.6 Å². The van der Waals surface area contributed by atoms with Gasteiger partial charge in [0.1, 0.15) is 11.2 Å². The molecule has 0 fully saturated rings. The van der Waals surface area contributed by atoms with Gasteiger partial charge in [0.05, 0.1) is 0 Å². The van der Waals surface area contributed by atoms with E-state index in [2.05, 4.69) is 4.52 Å². The maximum Gasteiger partial charge on any atom is 0.470 e. The van der Waals surface area contributed by atoms with E-state index >= 15 is 0 Å². The van der Waals surface area contributed by atoms with Crippen LogP contribution in [0, 0.1) is 0 Å². The smallest absolute Gasteiger partial charge is 0.303 e. The first-order valence-electron chi connectivity index (χ1n) is 5.75. The van der Waals surface area contributed by atoms with Crippen molar-refractivity contribution in [2.24, 2.45) is 0 Å². The lowest BCUT2D eigenvalue weighted by atomic mass is 9.83. The van der Waals surface area contributed by atoms with Crippen LogP contribution >= 0.6 is 15.6 Å². The molecule has 0 aliphatic carbocycles. The Hall–Kier alpha value is 0.220. The van der Waals surface area contributed by atoms with Crippen LogP contribution in [0.15, 0.2) is 0 Å². The van der Waals surface area contributed by atoms with E-state index in [9.17, 15) is 9.13 Å². The van der Waals surface area contributed by atoms with Crippen molar-refractivity contribution < 1.29 is 37.8 Å². The molecule has 8 nitrogen and oxygen atoms in total. The second kappa shape index (κ2) is 6.33. The first-order chi connectivity index (χ1) is 8.22. The molecular formula is C9H22O8P2. The van der Waals surface area contributed by atoms with Crippen LogP contribution in [0.1, 0.15) is 47.0 Å². The highest BCUT2D eigenvalue weighted by atomic mass is 31.2. The van der Waals surface area contributed by atoms with Crippen LogP contribution < -0.4 is 0 Å². The Labute approximate surface area is 112 Å². The summed E-state index contributed by atoms with van der Waals surface area (Å²) in [5, 5.41) is 0. The fourth-order valence-electron chi connectivity index (χ4n) is 1.63. The van der Waals surface area contributed by atoms with Crippen molar-refractivity contribution in [2.45, 2.75) is 58.2 Å². The summed E-state index contributed by atoms with van der Waals surface area (Å²) in [6.07, 6.45) is 1.47. The van der Waals surface area contributed by atoms with Crippen molar-refractivity contribution in [3.8, 4) is 0 Å². The largest absolute Gasteiger partial charge is 0.470 e. The van der Waals surface area contributed by atoms with Gasteiger partial charge in [-0.3, -0.25) is 9.05 Å². The molecule has 0 heterocycles. The molecule has 0 aliphatic heterocycles. The van der Waals surface area contributed by atoms with Crippen molar-refractivity contribution in [1.29, 1.82) is 0 Å². The molecule has 1 atom stereocenters. The Morgan fingerprint density at radius 3 is 1.68 bits per heavy atom. The van der Waals surface area contributed by atoms with Gasteiger partial charge in [0.2, 0.25) is 0 Å². The van der Waals surface area contributed by atoms with E-state index in [1.807, 2.05) is 6.92 Å². The Morgan fingerprint density at radius 2 is 1.37 bits per heavy atom. The number of unbranched alkanes of at least 4 members (excludes halogenated alkanes) is 1. The average molecular weight is 320 g/mol. The summed E-state index contributed by atoms with van der Waals surface area (Å²) >= 11 is 0. The SMILES string of the molecule is CCCCC(C)(OP(=O)(O)O)C(C)(C)OP(=O)(O)O. The second-order valence-corrected chi connectivity index (χ2v) is 7.34. The van der Waals surface area contributed by atoms with Gasteiger partial charge in [-0.05, 0) is 27.2 Å². The number of rotatable bonds is 8. The highest BCUT2D eigenvalue weighted by molar-refractivity contribution is 7.46. The Bertz CT molecular complexity index is 384. The molecule has 4 N–H and O–H groups in total. The quantitative estimate of drug-likeness (QED) is 0.498. The van der Waals surface area contributed by atoms with Gasteiger partial charge in [-0.2, -0.15) is 0 Å². The van der Waals surface area contributed by atoms with Gasteiger partial charge in [-0.25, -0.2) is 9.13 Å². The van der Waals surface area contributed by atoms with Crippen LogP contribution in [-0.2, 0) is 18.2 Å². The minimum Gasteiger partial charge on any atom is -0.303 e. The highest BCUT2D eigenvalue weighted by Gasteiger charge is 2.49. The van der Waals surface area contributed by atoms with E-state index < -0.39 is 26.8 Å². The third kappa shape index (κ3) is 6.97. The molecule has 0 saturated carbocycles. The van der Waals surface area contributed by atoms with E-state index in [-0.39, 0.29) is 6.42 Å². The van der Waals surface area contributed by atoms with Crippen molar-refractivity contribution in [2.75, 3.05) is 0 Å². The normalized spacial score (nSPS) is 17.3. The molecule has 10 heteroatoms. The summed E-state index contributed by atoms with van der Waals surface area (Å²) in [5.41, 5.74) is -3.12. The average Bonchev–Trinajstić information content (AvgIpc) is 2.07. The van der Waals surface area contributed by atoms with E-state index in [4.69, 9.17) is 24.1 Å². The van der Waals surface area contributed by atoms with E-state index in [1.165, 1.54) is 20.8 Å². The van der Waals surface area contributed by atoms with Crippen molar-refractivity contribution in [3.05, 3.63) is 0 Å². The van der Waals surface area contributed by atoms with Gasteiger partial charge in [0, 0.05) is 0 Å². The summed E-state index contributed by atoms with van der Waals surface area (Å²) in [4.78, 5) is 35.7. The van der Waals surface area contributed by atoms with Crippen molar-refractivity contribution in [1.82, 2.24) is 0 Å². The summed E-state index contributed by atoms with van der Waals surface area (Å²) in [6.45, 7) is 5.86. The lowest BCUT2D eigenvalue weighted by Gasteiger charge is -2.43. The molecule has 0 spiro atoms. The fraction of sp³-hybridized carbons (Fsp3) is 1.00. The van der Waals surface area contributed by atoms with Crippen LogP contribution in [0.25, 0.3) is 0 Å². The summed E-state index contributed by atoms with van der Waals surface area (Å²) in [7, 11) is -9.64. The Kier molecular flexibility index (Phi) is 6.40. The van der Waals surface area contributed by atoms with Crippen LogP contribution in [0.2, 0.25) is 0 Å². The third-order valence-electron chi connectivity index (χ3n) is 2.95. The Morgan fingerprint density at radius 1 is 0.947 bits per heavy atom. The monoisotopic (exact) mass is 320 g/mol. The Balaban J connectivity index is 5.32. The molecule has 0 aromatic heterocycles.